The van der Waals surface area contributed by atoms with Gasteiger partial charge in [-0.05, 0) is 59.8 Å². The maximum atomic E-state index is 15.0. The Balaban J connectivity index is 1.88. The molecule has 0 aliphatic carbocycles. The molecule has 68 heavy (non-hydrogen) atoms. The molecule has 0 spiro atoms. The maximum absolute atomic E-state index is 15.0. The van der Waals surface area contributed by atoms with Crippen LogP contribution in [-0.4, -0.2) is 184 Å². The van der Waals surface area contributed by atoms with Gasteiger partial charge in [-0.25, -0.2) is 4.79 Å². The number of ether oxygens (including phenoxy) is 10. The minimum absolute atomic E-state index is 0.0744. The summed E-state index contributed by atoms with van der Waals surface area (Å²) in [5, 5.41) is 67.0. The Kier molecular flexibility index (Phi) is 20.5. The van der Waals surface area contributed by atoms with E-state index in [-0.39, 0.29) is 25.9 Å². The van der Waals surface area contributed by atoms with Crippen LogP contribution in [0, 0.1) is 41.4 Å². The average Bonchev–Trinajstić information content (AvgIpc) is 3.26. The number of carbonyl (C=O) groups is 4. The molecular weight excluding hydrogens is 897 g/mol. The largest absolute Gasteiger partial charge is 0.461 e. The molecule has 4 rings (SSSR count). The molecule has 0 bridgehead atoms. The normalized spacial score (nSPS) is 45.8. The molecule has 0 aromatic heterocycles. The zero-order chi connectivity index (χ0) is 51.5. The number of cyclic esters (lactones) is 1. The monoisotopic (exact) mass is 979 g/mol. The first-order chi connectivity index (χ1) is 31.5. The summed E-state index contributed by atoms with van der Waals surface area (Å²) in [6.07, 6.45) is -19.0. The number of rotatable bonds is 13. The number of aliphatic hydroxyl groups excluding tert-OH is 4. The van der Waals surface area contributed by atoms with E-state index < -0.39 is 174 Å². The molecular formula is C48H82O20. The van der Waals surface area contributed by atoms with Crippen LogP contribution in [0.2, 0.25) is 0 Å². The topological polar surface area (TPSA) is 282 Å². The van der Waals surface area contributed by atoms with Gasteiger partial charge in [-0.1, -0.05) is 48.5 Å². The Hall–Kier alpha value is -2.28. The van der Waals surface area contributed by atoms with Gasteiger partial charge >= 0.3 is 11.9 Å². The Bertz CT molecular complexity index is 1670. The highest BCUT2D eigenvalue weighted by Crippen LogP contribution is 2.40. The first-order valence-electron chi connectivity index (χ1n) is 24.1. The van der Waals surface area contributed by atoms with Crippen LogP contribution in [0.5, 0.6) is 0 Å². The molecule has 20 nitrogen and oxygen atoms in total. The lowest BCUT2D eigenvalue weighted by Gasteiger charge is -2.46. The summed E-state index contributed by atoms with van der Waals surface area (Å²) in [6, 6.07) is 0. The fraction of sp³-hybridized carbons (Fsp3) is 0.917. The fourth-order valence-corrected chi connectivity index (χ4v) is 10.3. The van der Waals surface area contributed by atoms with E-state index in [1.807, 2.05) is 0 Å². The van der Waals surface area contributed by atoms with Gasteiger partial charge in [0.05, 0.1) is 54.6 Å². The van der Waals surface area contributed by atoms with Crippen molar-refractivity contribution in [3.63, 3.8) is 0 Å². The predicted octanol–water partition coefficient (Wildman–Crippen LogP) is 1.60. The summed E-state index contributed by atoms with van der Waals surface area (Å²) >= 11 is 0. The molecule has 24 atom stereocenters. The lowest BCUT2D eigenvalue weighted by Crippen LogP contribution is -2.59. The van der Waals surface area contributed by atoms with E-state index in [2.05, 4.69) is 0 Å². The van der Waals surface area contributed by atoms with Crippen LogP contribution in [0.1, 0.15) is 109 Å². The molecule has 0 unspecified atom stereocenters. The van der Waals surface area contributed by atoms with E-state index in [0.717, 1.165) is 0 Å². The Morgan fingerprint density at radius 1 is 0.750 bits per heavy atom. The summed E-state index contributed by atoms with van der Waals surface area (Å²) in [5.41, 5.74) is -3.84. The summed E-state index contributed by atoms with van der Waals surface area (Å²) in [5.74, 6) is -9.79. The number of Topliss-reactive ketones (excluding diaryl/α,β-unsaturated/α-hetero) is 2. The van der Waals surface area contributed by atoms with Crippen LogP contribution in [0.25, 0.3) is 0 Å². The van der Waals surface area contributed by atoms with Gasteiger partial charge < -0.3 is 78.0 Å². The van der Waals surface area contributed by atoms with Gasteiger partial charge in [-0.3, -0.25) is 14.4 Å². The van der Waals surface area contributed by atoms with Gasteiger partial charge in [0, 0.05) is 44.8 Å². The van der Waals surface area contributed by atoms with E-state index in [4.69, 9.17) is 47.4 Å². The number of hydrogen-bond acceptors (Lipinski definition) is 20. The van der Waals surface area contributed by atoms with Crippen LogP contribution < -0.4 is 0 Å². The number of ketones is 2. The Morgan fingerprint density at radius 2 is 1.37 bits per heavy atom. The lowest BCUT2D eigenvalue weighted by molar-refractivity contribution is -0.305. The molecule has 394 valence electrons. The first kappa shape index (κ1) is 58.3. The molecule has 4 heterocycles. The molecule has 4 aliphatic rings. The summed E-state index contributed by atoms with van der Waals surface area (Å²) < 4.78 is 61.1. The maximum Gasteiger partial charge on any atom is 0.335 e. The van der Waals surface area contributed by atoms with Gasteiger partial charge in [0.2, 0.25) is 0 Å². The zero-order valence-electron chi connectivity index (χ0n) is 42.5. The number of aliphatic hydroxyl groups is 6. The molecule has 0 aromatic rings. The standard InChI is InChI=1S/C48H82O20/c1-20(2)32(50)44(56)67-37-25(7)36(22(4)19-61-46-40(60-15)39(59-14)33(51)28(10)64-46)66-43(55)27(9)38(65-31-18-48(13,58)42(54)29(11)63-31)24(6)35(21(3)17-47(12,57)41(53)26(37)8)68-45-34(52)30(49)16-23(5)62-45/h20-29,31-40,42,45-46,50-52,54,57-58H,16-19H2,1-15H3/t21-,22-,23+,24+,25-,26+,27+,28+,29-,31-,32+,33+,34+,35-,36+,37-,38-,39+,40+,42-,45-,46+,47-,48+/m0/s1. The highest BCUT2D eigenvalue weighted by molar-refractivity contribution is 5.89. The van der Waals surface area contributed by atoms with Crippen LogP contribution in [0.4, 0.5) is 0 Å². The molecule has 4 fully saturated rings. The number of hydrogen-bond donors (Lipinski definition) is 6. The number of esters is 2. The van der Waals surface area contributed by atoms with Crippen molar-refractivity contribution in [2.75, 3.05) is 20.8 Å². The molecule has 0 radical (unpaired) electrons. The minimum Gasteiger partial charge on any atom is -0.461 e. The van der Waals surface area contributed by atoms with Gasteiger partial charge in [0.1, 0.15) is 42.2 Å². The van der Waals surface area contributed by atoms with Crippen molar-refractivity contribution in [1.82, 2.24) is 0 Å². The van der Waals surface area contributed by atoms with Crippen molar-refractivity contribution >= 4 is 23.5 Å². The molecule has 4 saturated heterocycles. The van der Waals surface area contributed by atoms with Crippen molar-refractivity contribution in [3.05, 3.63) is 0 Å². The van der Waals surface area contributed by atoms with Crippen molar-refractivity contribution < 1.29 is 97.2 Å². The second-order valence-electron chi connectivity index (χ2n) is 20.9. The Labute approximate surface area is 400 Å². The van der Waals surface area contributed by atoms with E-state index in [1.165, 1.54) is 35.0 Å². The van der Waals surface area contributed by atoms with Gasteiger partial charge in [0.15, 0.2) is 42.6 Å². The van der Waals surface area contributed by atoms with Crippen LogP contribution >= 0.6 is 0 Å². The van der Waals surface area contributed by atoms with E-state index >= 15 is 0 Å². The SMILES string of the molecule is CO[C@@H]1[C@H](O)[C@@H](C)O[C@@H](OC[C@H](C)[C@H]2OC(=O)[C@H](C)[C@@H](O[C@H]3C[C@@](C)(O)[C@@H](O)[C@H](C)O3)[C@H](C)[C@@H](O[C@@H]3O[C@H](C)CC(=O)[C@H]3O)[C@@H](C)C[C@](C)(O)C(=O)[C@H](C)[C@@H](OC(=O)[C@H](O)C(C)C)[C@H]2C)[C@@H]1OC. The van der Waals surface area contributed by atoms with Gasteiger partial charge in [0.25, 0.3) is 0 Å². The second kappa shape index (κ2) is 24.0. The third kappa shape index (κ3) is 13.4. The van der Waals surface area contributed by atoms with E-state index in [9.17, 15) is 49.8 Å². The highest BCUT2D eigenvalue weighted by Gasteiger charge is 2.52. The Morgan fingerprint density at radius 3 is 1.94 bits per heavy atom. The molecule has 20 heteroatoms. The lowest BCUT2D eigenvalue weighted by atomic mass is 9.74. The summed E-state index contributed by atoms with van der Waals surface area (Å²) in [4.78, 5) is 56.3. The third-order valence-corrected chi connectivity index (χ3v) is 14.5. The zero-order valence-corrected chi connectivity index (χ0v) is 42.5. The quantitative estimate of drug-likeness (QED) is 0.143. The highest BCUT2D eigenvalue weighted by atomic mass is 16.7. The van der Waals surface area contributed by atoms with Crippen LogP contribution in [0.15, 0.2) is 0 Å². The first-order valence-corrected chi connectivity index (χ1v) is 24.1. The smallest absolute Gasteiger partial charge is 0.335 e. The molecule has 0 amide bonds. The molecule has 0 saturated carbocycles. The van der Waals surface area contributed by atoms with Crippen LogP contribution in [-0.2, 0) is 66.5 Å². The van der Waals surface area contributed by atoms with E-state index in [0.29, 0.717) is 0 Å². The number of carbonyl (C=O) groups excluding carboxylic acids is 4. The van der Waals surface area contributed by atoms with E-state index in [1.54, 1.807) is 69.2 Å². The molecule has 6 N–H and O–H groups in total. The third-order valence-electron chi connectivity index (χ3n) is 14.5. The van der Waals surface area contributed by atoms with Crippen LogP contribution in [0.3, 0.4) is 0 Å². The van der Waals surface area contributed by atoms with Gasteiger partial charge in [-0.2, -0.15) is 0 Å². The summed E-state index contributed by atoms with van der Waals surface area (Å²) in [7, 11) is 2.83. The van der Waals surface area contributed by atoms with Crippen molar-refractivity contribution in [2.24, 2.45) is 41.4 Å². The predicted molar refractivity (Wildman–Crippen MR) is 239 cm³/mol. The fourth-order valence-electron chi connectivity index (χ4n) is 10.3. The van der Waals surface area contributed by atoms with Crippen molar-refractivity contribution in [1.29, 1.82) is 0 Å². The van der Waals surface area contributed by atoms with Crippen molar-refractivity contribution in [2.45, 2.75) is 219 Å². The summed E-state index contributed by atoms with van der Waals surface area (Å²) in [6.45, 7) is 20.3. The molecule has 0 aromatic carbocycles. The number of methoxy groups -OCH3 is 2. The average molecular weight is 979 g/mol. The minimum atomic E-state index is -2.16. The second-order valence-corrected chi connectivity index (χ2v) is 20.9. The van der Waals surface area contributed by atoms with Gasteiger partial charge in [-0.15, -0.1) is 0 Å². The molecule has 4 aliphatic heterocycles. The van der Waals surface area contributed by atoms with Crippen molar-refractivity contribution in [3.8, 4) is 0 Å².